The van der Waals surface area contributed by atoms with Crippen molar-refractivity contribution in [1.82, 2.24) is 0 Å². The minimum absolute atomic E-state index is 0.472. The average Bonchev–Trinajstić information content (AvgIpc) is 2.02. The zero-order valence-corrected chi connectivity index (χ0v) is 9.19. The van der Waals surface area contributed by atoms with Gasteiger partial charge in [0.2, 0.25) is 0 Å². The lowest BCUT2D eigenvalue weighted by atomic mass is 9.80. The van der Waals surface area contributed by atoms with Crippen LogP contribution in [0.15, 0.2) is 12.2 Å². The molecule has 1 atom stereocenters. The van der Waals surface area contributed by atoms with Gasteiger partial charge in [0, 0.05) is 0 Å². The summed E-state index contributed by atoms with van der Waals surface area (Å²) in [4.78, 5) is 0. The topological polar surface area (TPSA) is 0 Å². The quantitative estimate of drug-likeness (QED) is 0.510. The Hall–Kier alpha value is -0.260. The predicted molar refractivity (Wildman–Crippen MR) is 57.4 cm³/mol. The van der Waals surface area contributed by atoms with E-state index in [1.807, 2.05) is 0 Å². The molecule has 0 aromatic carbocycles. The molecule has 0 bridgehead atoms. The van der Waals surface area contributed by atoms with Crippen molar-refractivity contribution in [3.63, 3.8) is 0 Å². The molecule has 0 aliphatic heterocycles. The Morgan fingerprint density at radius 3 is 2.17 bits per heavy atom. The molecule has 0 saturated heterocycles. The number of allylic oxidation sites excluding steroid dienone is 2. The van der Waals surface area contributed by atoms with E-state index in [1.54, 1.807) is 0 Å². The van der Waals surface area contributed by atoms with E-state index in [-0.39, 0.29) is 0 Å². The first kappa shape index (κ1) is 11.7. The van der Waals surface area contributed by atoms with Gasteiger partial charge in [-0.05, 0) is 25.2 Å². The first-order chi connectivity index (χ1) is 5.68. The Morgan fingerprint density at radius 1 is 1.08 bits per heavy atom. The van der Waals surface area contributed by atoms with Crippen molar-refractivity contribution >= 4 is 0 Å². The van der Waals surface area contributed by atoms with Gasteiger partial charge in [-0.15, -0.1) is 0 Å². The van der Waals surface area contributed by atoms with Crippen LogP contribution < -0.4 is 0 Å². The molecule has 0 aliphatic rings. The molecule has 0 heteroatoms. The first-order valence-electron chi connectivity index (χ1n) is 5.32. The van der Waals surface area contributed by atoms with Gasteiger partial charge < -0.3 is 0 Å². The van der Waals surface area contributed by atoms with Crippen LogP contribution in [0.3, 0.4) is 0 Å². The summed E-state index contributed by atoms with van der Waals surface area (Å²) in [7, 11) is 0. The highest BCUT2D eigenvalue weighted by molar-refractivity contribution is 4.95. The van der Waals surface area contributed by atoms with Crippen LogP contribution >= 0.6 is 0 Å². The Labute approximate surface area is 78.1 Å². The van der Waals surface area contributed by atoms with E-state index in [0.29, 0.717) is 5.41 Å². The Bertz CT molecular complexity index is 124. The van der Waals surface area contributed by atoms with Crippen LogP contribution in [0.4, 0.5) is 0 Å². The molecule has 1 unspecified atom stereocenters. The van der Waals surface area contributed by atoms with Crippen molar-refractivity contribution < 1.29 is 0 Å². The highest BCUT2D eigenvalue weighted by Crippen LogP contribution is 2.31. The molecular formula is C12H24. The van der Waals surface area contributed by atoms with Crippen molar-refractivity contribution in [2.24, 2.45) is 5.41 Å². The van der Waals surface area contributed by atoms with E-state index in [0.717, 1.165) is 0 Å². The normalized spacial score (nSPS) is 16.7. The van der Waals surface area contributed by atoms with Gasteiger partial charge in [0.05, 0.1) is 0 Å². The second-order valence-electron chi connectivity index (χ2n) is 4.01. The highest BCUT2D eigenvalue weighted by atomic mass is 14.2. The summed E-state index contributed by atoms with van der Waals surface area (Å²) in [5.74, 6) is 0. The maximum absolute atomic E-state index is 2.38. The van der Waals surface area contributed by atoms with E-state index in [2.05, 4.69) is 39.8 Å². The van der Waals surface area contributed by atoms with Crippen molar-refractivity contribution in [2.45, 2.75) is 59.8 Å². The van der Waals surface area contributed by atoms with Gasteiger partial charge in [-0.1, -0.05) is 52.2 Å². The number of hydrogen-bond acceptors (Lipinski definition) is 0. The second-order valence-corrected chi connectivity index (χ2v) is 4.01. The zero-order chi connectivity index (χ0) is 9.45. The van der Waals surface area contributed by atoms with E-state index in [1.165, 1.54) is 32.1 Å². The summed E-state index contributed by atoms with van der Waals surface area (Å²) in [6.45, 7) is 9.04. The molecule has 0 fully saturated rings. The maximum atomic E-state index is 2.38. The zero-order valence-electron chi connectivity index (χ0n) is 9.19. The Kier molecular flexibility index (Phi) is 6.14. The monoisotopic (exact) mass is 168 g/mol. The van der Waals surface area contributed by atoms with Crippen LogP contribution in [-0.2, 0) is 0 Å². The van der Waals surface area contributed by atoms with Gasteiger partial charge in [0.15, 0.2) is 0 Å². The van der Waals surface area contributed by atoms with Crippen LogP contribution in [0, 0.1) is 5.41 Å². The van der Waals surface area contributed by atoms with E-state index < -0.39 is 0 Å². The third-order valence-electron chi connectivity index (χ3n) is 2.49. The lowest BCUT2D eigenvalue weighted by Gasteiger charge is -2.25. The molecule has 0 aliphatic carbocycles. The number of rotatable bonds is 6. The second kappa shape index (κ2) is 6.28. The fraction of sp³-hybridized carbons (Fsp3) is 0.833. The van der Waals surface area contributed by atoms with E-state index >= 15 is 0 Å². The summed E-state index contributed by atoms with van der Waals surface area (Å²) >= 11 is 0. The summed E-state index contributed by atoms with van der Waals surface area (Å²) in [6.07, 6.45) is 11.2. The summed E-state index contributed by atoms with van der Waals surface area (Å²) in [5.41, 5.74) is 0.472. The van der Waals surface area contributed by atoms with E-state index in [9.17, 15) is 0 Å². The molecule has 0 nitrogen and oxygen atoms in total. The molecular weight excluding hydrogens is 144 g/mol. The van der Waals surface area contributed by atoms with Gasteiger partial charge in [-0.25, -0.2) is 0 Å². The molecule has 72 valence electrons. The first-order valence-corrected chi connectivity index (χ1v) is 5.32. The fourth-order valence-corrected chi connectivity index (χ4v) is 1.85. The third-order valence-corrected chi connectivity index (χ3v) is 2.49. The smallest absolute Gasteiger partial charge is 0.0147 e. The van der Waals surface area contributed by atoms with Crippen molar-refractivity contribution in [3.05, 3.63) is 12.2 Å². The summed E-state index contributed by atoms with van der Waals surface area (Å²) in [5, 5.41) is 0. The van der Waals surface area contributed by atoms with Gasteiger partial charge in [-0.2, -0.15) is 0 Å². The fourth-order valence-electron chi connectivity index (χ4n) is 1.85. The molecule has 0 amide bonds. The lowest BCUT2D eigenvalue weighted by Crippen LogP contribution is -2.12. The van der Waals surface area contributed by atoms with Gasteiger partial charge in [0.25, 0.3) is 0 Å². The van der Waals surface area contributed by atoms with Crippen LogP contribution in [0.2, 0.25) is 0 Å². The minimum atomic E-state index is 0.472. The number of hydrogen-bond donors (Lipinski definition) is 0. The molecule has 0 spiro atoms. The van der Waals surface area contributed by atoms with Crippen LogP contribution in [0.1, 0.15) is 59.8 Å². The molecule has 0 saturated carbocycles. The van der Waals surface area contributed by atoms with Gasteiger partial charge in [-0.3, -0.25) is 0 Å². The molecule has 0 aromatic heterocycles. The largest absolute Gasteiger partial charge is 0.0911 e. The average molecular weight is 168 g/mol. The molecule has 0 rings (SSSR count). The molecule has 0 radical (unpaired) electrons. The molecule has 0 aromatic rings. The van der Waals surface area contributed by atoms with Crippen molar-refractivity contribution in [3.8, 4) is 0 Å². The molecule has 12 heavy (non-hydrogen) atoms. The minimum Gasteiger partial charge on any atom is -0.0911 e. The highest BCUT2D eigenvalue weighted by Gasteiger charge is 2.17. The number of unbranched alkanes of at least 4 members (excludes halogenated alkanes) is 1. The molecule has 0 heterocycles. The van der Waals surface area contributed by atoms with Gasteiger partial charge in [0.1, 0.15) is 0 Å². The summed E-state index contributed by atoms with van der Waals surface area (Å²) < 4.78 is 0. The van der Waals surface area contributed by atoms with Crippen molar-refractivity contribution in [2.75, 3.05) is 0 Å². The standard InChI is InChI=1S/C12H24/c1-5-8-11-12(4,9-6-2)10-7-3/h6,9H,5,7-8,10-11H2,1-4H3. The lowest BCUT2D eigenvalue weighted by molar-refractivity contribution is 0.344. The van der Waals surface area contributed by atoms with Crippen LogP contribution in [-0.4, -0.2) is 0 Å². The molecule has 0 N–H and O–H groups in total. The Balaban J connectivity index is 3.98. The van der Waals surface area contributed by atoms with E-state index in [4.69, 9.17) is 0 Å². The third kappa shape index (κ3) is 4.58. The maximum Gasteiger partial charge on any atom is -0.0147 e. The predicted octanol–water partition coefficient (Wildman–Crippen LogP) is 4.56. The Morgan fingerprint density at radius 2 is 1.75 bits per heavy atom. The van der Waals surface area contributed by atoms with Gasteiger partial charge >= 0.3 is 0 Å². The van der Waals surface area contributed by atoms with Crippen LogP contribution in [0.5, 0.6) is 0 Å². The van der Waals surface area contributed by atoms with Crippen molar-refractivity contribution in [1.29, 1.82) is 0 Å². The summed E-state index contributed by atoms with van der Waals surface area (Å²) in [6, 6.07) is 0. The SMILES string of the molecule is CC=CC(C)(CCC)CCCC. The van der Waals surface area contributed by atoms with Crippen LogP contribution in [0.25, 0.3) is 0 Å².